The van der Waals surface area contributed by atoms with Crippen LogP contribution in [0.25, 0.3) is 0 Å². The molecule has 0 aliphatic heterocycles. The maximum Gasteiger partial charge on any atom is 0.271 e. The van der Waals surface area contributed by atoms with Gasteiger partial charge in [-0.3, -0.25) is 4.79 Å². The standard InChI is InChI=1S/C26H28N2O4/c1-4-15-31-24-14-11-22(16-25(24)30-3)26(29)28-27-17-20-9-12-23(13-10-20)32-18-21-7-5-19(2)6-8-21/h5-14,16-17H,4,15,18H2,1-3H3,(H,28,29)/b27-17+. The summed E-state index contributed by atoms with van der Waals surface area (Å²) in [7, 11) is 1.54. The van der Waals surface area contributed by atoms with Gasteiger partial charge in [0.2, 0.25) is 0 Å². The van der Waals surface area contributed by atoms with Gasteiger partial charge in [0.1, 0.15) is 12.4 Å². The molecule has 0 aliphatic rings. The van der Waals surface area contributed by atoms with Crippen molar-refractivity contribution in [2.75, 3.05) is 13.7 Å². The Hall–Kier alpha value is -3.80. The zero-order valence-electron chi connectivity index (χ0n) is 18.6. The van der Waals surface area contributed by atoms with Gasteiger partial charge < -0.3 is 14.2 Å². The molecule has 6 heteroatoms. The summed E-state index contributed by atoms with van der Waals surface area (Å²) in [5, 5.41) is 4.04. The molecule has 0 unspecified atom stereocenters. The van der Waals surface area contributed by atoms with Crippen LogP contribution in [0.5, 0.6) is 17.2 Å². The molecule has 0 aliphatic carbocycles. The quantitative estimate of drug-likeness (QED) is 0.356. The van der Waals surface area contributed by atoms with E-state index in [1.807, 2.05) is 31.2 Å². The van der Waals surface area contributed by atoms with Crippen LogP contribution in [0.2, 0.25) is 0 Å². The number of amides is 1. The zero-order chi connectivity index (χ0) is 22.8. The van der Waals surface area contributed by atoms with E-state index in [4.69, 9.17) is 14.2 Å². The van der Waals surface area contributed by atoms with Gasteiger partial charge in [-0.05, 0) is 66.9 Å². The number of hydrazone groups is 1. The van der Waals surface area contributed by atoms with Crippen LogP contribution >= 0.6 is 0 Å². The molecule has 32 heavy (non-hydrogen) atoms. The number of rotatable bonds is 10. The van der Waals surface area contributed by atoms with Gasteiger partial charge in [-0.15, -0.1) is 0 Å². The van der Waals surface area contributed by atoms with Crippen LogP contribution in [-0.4, -0.2) is 25.8 Å². The molecule has 0 spiro atoms. The second-order valence-corrected chi connectivity index (χ2v) is 7.26. The highest BCUT2D eigenvalue weighted by Gasteiger charge is 2.10. The molecule has 166 valence electrons. The van der Waals surface area contributed by atoms with Crippen molar-refractivity contribution in [2.45, 2.75) is 26.9 Å². The number of carbonyl (C=O) groups is 1. The molecule has 0 aromatic heterocycles. The third-order valence-corrected chi connectivity index (χ3v) is 4.67. The monoisotopic (exact) mass is 432 g/mol. The number of aryl methyl sites for hydroxylation is 1. The van der Waals surface area contributed by atoms with Crippen LogP contribution in [-0.2, 0) is 6.61 Å². The van der Waals surface area contributed by atoms with E-state index in [-0.39, 0.29) is 5.91 Å². The molecular formula is C26H28N2O4. The van der Waals surface area contributed by atoms with Crippen molar-refractivity contribution in [3.05, 3.63) is 89.0 Å². The van der Waals surface area contributed by atoms with Crippen molar-refractivity contribution in [2.24, 2.45) is 5.10 Å². The number of methoxy groups -OCH3 is 1. The molecule has 0 atom stereocenters. The summed E-state index contributed by atoms with van der Waals surface area (Å²) >= 11 is 0. The van der Waals surface area contributed by atoms with Crippen LogP contribution in [0.1, 0.15) is 40.4 Å². The minimum absolute atomic E-state index is 0.334. The molecule has 3 rings (SSSR count). The van der Waals surface area contributed by atoms with E-state index in [0.717, 1.165) is 23.3 Å². The lowest BCUT2D eigenvalue weighted by Gasteiger charge is -2.11. The highest BCUT2D eigenvalue weighted by molar-refractivity contribution is 5.95. The number of carbonyl (C=O) groups excluding carboxylic acids is 1. The first-order valence-electron chi connectivity index (χ1n) is 10.5. The summed E-state index contributed by atoms with van der Waals surface area (Å²) in [6, 6.07) is 20.8. The summed E-state index contributed by atoms with van der Waals surface area (Å²) in [6.45, 7) is 5.18. The van der Waals surface area contributed by atoms with E-state index in [1.165, 1.54) is 5.56 Å². The van der Waals surface area contributed by atoms with Crippen molar-refractivity contribution in [3.63, 3.8) is 0 Å². The zero-order valence-corrected chi connectivity index (χ0v) is 18.6. The van der Waals surface area contributed by atoms with Crippen LogP contribution in [0.3, 0.4) is 0 Å². The van der Waals surface area contributed by atoms with Gasteiger partial charge in [-0.2, -0.15) is 5.10 Å². The molecule has 0 radical (unpaired) electrons. The second kappa shape index (κ2) is 11.6. The van der Waals surface area contributed by atoms with Gasteiger partial charge >= 0.3 is 0 Å². The first-order valence-corrected chi connectivity index (χ1v) is 10.5. The molecule has 3 aromatic carbocycles. The number of nitrogens with one attached hydrogen (secondary N) is 1. The van der Waals surface area contributed by atoms with E-state index >= 15 is 0 Å². The lowest BCUT2D eigenvalue weighted by molar-refractivity contribution is 0.0954. The van der Waals surface area contributed by atoms with Gasteiger partial charge in [-0.25, -0.2) is 5.43 Å². The number of hydrogen-bond donors (Lipinski definition) is 1. The van der Waals surface area contributed by atoms with Crippen molar-refractivity contribution < 1.29 is 19.0 Å². The van der Waals surface area contributed by atoms with Gasteiger partial charge in [-0.1, -0.05) is 36.8 Å². The van der Waals surface area contributed by atoms with E-state index < -0.39 is 0 Å². The molecule has 0 saturated heterocycles. The number of hydrogen-bond acceptors (Lipinski definition) is 5. The number of ether oxygens (including phenoxy) is 3. The molecule has 6 nitrogen and oxygen atoms in total. The first kappa shape index (κ1) is 22.9. The molecule has 0 saturated carbocycles. The highest BCUT2D eigenvalue weighted by atomic mass is 16.5. The van der Waals surface area contributed by atoms with Gasteiger partial charge in [0.15, 0.2) is 11.5 Å². The fourth-order valence-electron chi connectivity index (χ4n) is 2.87. The van der Waals surface area contributed by atoms with Crippen molar-refractivity contribution in [1.29, 1.82) is 0 Å². The van der Waals surface area contributed by atoms with Crippen LogP contribution in [0, 0.1) is 6.92 Å². The topological polar surface area (TPSA) is 69.2 Å². The predicted octanol–water partition coefficient (Wildman–Crippen LogP) is 5.14. The Kier molecular flexibility index (Phi) is 8.26. The highest BCUT2D eigenvalue weighted by Crippen LogP contribution is 2.28. The lowest BCUT2D eigenvalue weighted by Crippen LogP contribution is -2.17. The molecular weight excluding hydrogens is 404 g/mol. The third kappa shape index (κ3) is 6.60. The first-order chi connectivity index (χ1) is 15.6. The summed E-state index contributed by atoms with van der Waals surface area (Å²) < 4.78 is 16.7. The predicted molar refractivity (Wildman–Crippen MR) is 126 cm³/mol. The van der Waals surface area contributed by atoms with Crippen molar-refractivity contribution >= 4 is 12.1 Å². The Bertz CT molecular complexity index is 1040. The van der Waals surface area contributed by atoms with Crippen LogP contribution < -0.4 is 19.6 Å². The van der Waals surface area contributed by atoms with Crippen molar-refractivity contribution in [3.8, 4) is 17.2 Å². The Morgan fingerprint density at radius 3 is 2.41 bits per heavy atom. The van der Waals surface area contributed by atoms with E-state index in [1.54, 1.807) is 31.5 Å². The van der Waals surface area contributed by atoms with E-state index in [9.17, 15) is 4.79 Å². The summed E-state index contributed by atoms with van der Waals surface area (Å²) in [5.74, 6) is 1.55. The van der Waals surface area contributed by atoms with Gasteiger partial charge in [0.25, 0.3) is 5.91 Å². The SMILES string of the molecule is CCCOc1ccc(C(=O)N/N=C/c2ccc(OCc3ccc(C)cc3)cc2)cc1OC. The average molecular weight is 433 g/mol. The molecule has 0 fully saturated rings. The fraction of sp³-hybridized carbons (Fsp3) is 0.231. The van der Waals surface area contributed by atoms with Gasteiger partial charge in [0.05, 0.1) is 19.9 Å². The average Bonchev–Trinajstić information content (AvgIpc) is 2.83. The van der Waals surface area contributed by atoms with Crippen molar-refractivity contribution in [1.82, 2.24) is 5.43 Å². The molecule has 3 aromatic rings. The minimum atomic E-state index is -0.334. The Morgan fingerprint density at radius 1 is 0.969 bits per heavy atom. The van der Waals surface area contributed by atoms with Crippen LogP contribution in [0.4, 0.5) is 0 Å². The molecule has 1 N–H and O–H groups in total. The lowest BCUT2D eigenvalue weighted by atomic mass is 10.2. The third-order valence-electron chi connectivity index (χ3n) is 4.67. The Labute approximate surface area is 188 Å². The van der Waals surface area contributed by atoms with Crippen LogP contribution in [0.15, 0.2) is 71.8 Å². The maximum absolute atomic E-state index is 12.4. The molecule has 0 bridgehead atoms. The summed E-state index contributed by atoms with van der Waals surface area (Å²) in [4.78, 5) is 12.4. The van der Waals surface area contributed by atoms with E-state index in [0.29, 0.717) is 30.3 Å². The fourth-order valence-corrected chi connectivity index (χ4v) is 2.87. The molecule has 0 heterocycles. The summed E-state index contributed by atoms with van der Waals surface area (Å²) in [5.41, 5.74) is 6.14. The second-order valence-electron chi connectivity index (χ2n) is 7.26. The number of benzene rings is 3. The van der Waals surface area contributed by atoms with Gasteiger partial charge in [0, 0.05) is 5.56 Å². The molecule has 1 amide bonds. The maximum atomic E-state index is 12.4. The summed E-state index contributed by atoms with van der Waals surface area (Å²) in [6.07, 6.45) is 2.47. The largest absolute Gasteiger partial charge is 0.493 e. The smallest absolute Gasteiger partial charge is 0.271 e. The number of nitrogens with zero attached hydrogens (tertiary/aromatic N) is 1. The minimum Gasteiger partial charge on any atom is -0.493 e. The normalized spacial score (nSPS) is 10.7. The van der Waals surface area contributed by atoms with E-state index in [2.05, 4.69) is 41.7 Å². The Morgan fingerprint density at radius 2 is 1.72 bits per heavy atom. The Balaban J connectivity index is 1.52.